The van der Waals surface area contributed by atoms with E-state index in [0.717, 1.165) is 25.8 Å². The van der Waals surface area contributed by atoms with Crippen LogP contribution in [0, 0.1) is 17.8 Å². The van der Waals surface area contributed by atoms with E-state index in [1.807, 2.05) is 13.8 Å². The molecular formula is C17H27N3O4. The second kappa shape index (κ2) is 6.35. The van der Waals surface area contributed by atoms with Gasteiger partial charge < -0.3 is 21.1 Å². The van der Waals surface area contributed by atoms with Gasteiger partial charge in [0.05, 0.1) is 6.04 Å². The van der Waals surface area contributed by atoms with Crippen LogP contribution in [0.25, 0.3) is 0 Å². The molecule has 1 aliphatic carbocycles. The van der Waals surface area contributed by atoms with Gasteiger partial charge in [0.2, 0.25) is 11.8 Å². The Balaban J connectivity index is 1.61. The monoisotopic (exact) mass is 337 g/mol. The van der Waals surface area contributed by atoms with Gasteiger partial charge in [-0.1, -0.05) is 6.42 Å². The Hall–Kier alpha value is -1.63. The van der Waals surface area contributed by atoms with Gasteiger partial charge in [0.15, 0.2) is 0 Å². The van der Waals surface area contributed by atoms with Crippen molar-refractivity contribution < 1.29 is 19.5 Å². The molecule has 0 aromatic heterocycles. The number of nitrogens with one attached hydrogen (secondary N) is 3. The van der Waals surface area contributed by atoms with E-state index >= 15 is 0 Å². The van der Waals surface area contributed by atoms with Gasteiger partial charge in [0.25, 0.3) is 0 Å². The number of amides is 2. The summed E-state index contributed by atoms with van der Waals surface area (Å²) in [6.45, 7) is 4.67. The molecular weight excluding hydrogens is 310 g/mol. The minimum Gasteiger partial charge on any atom is -0.480 e. The first-order valence-electron chi connectivity index (χ1n) is 8.85. The normalized spacial score (nSPS) is 35.3. The molecule has 0 aromatic rings. The lowest BCUT2D eigenvalue weighted by atomic mass is 9.90. The number of aliphatic carboxylic acids is 1. The molecule has 7 heteroatoms. The van der Waals surface area contributed by atoms with Crippen molar-refractivity contribution in [3.63, 3.8) is 0 Å². The topological polar surface area (TPSA) is 108 Å². The molecule has 3 fully saturated rings. The molecule has 7 nitrogen and oxygen atoms in total. The highest BCUT2D eigenvalue weighted by Crippen LogP contribution is 2.37. The first kappa shape index (κ1) is 17.2. The van der Waals surface area contributed by atoms with Crippen molar-refractivity contribution in [3.8, 4) is 0 Å². The summed E-state index contributed by atoms with van der Waals surface area (Å²) < 4.78 is 0. The number of carbonyl (C=O) groups excluding carboxylic acids is 2. The lowest BCUT2D eigenvalue weighted by Crippen LogP contribution is -2.51. The summed E-state index contributed by atoms with van der Waals surface area (Å²) >= 11 is 0. The fourth-order valence-corrected chi connectivity index (χ4v) is 4.63. The lowest BCUT2D eigenvalue weighted by Gasteiger charge is -2.22. The van der Waals surface area contributed by atoms with Crippen molar-refractivity contribution in [1.82, 2.24) is 16.0 Å². The Morgan fingerprint density at radius 1 is 1.38 bits per heavy atom. The van der Waals surface area contributed by atoms with Crippen molar-refractivity contribution in [2.45, 2.75) is 63.6 Å². The van der Waals surface area contributed by atoms with Crippen LogP contribution in [0.3, 0.4) is 0 Å². The highest BCUT2D eigenvalue weighted by Gasteiger charge is 2.44. The highest BCUT2D eigenvalue weighted by atomic mass is 16.4. The van der Waals surface area contributed by atoms with Crippen LogP contribution >= 0.6 is 0 Å². The molecule has 2 saturated heterocycles. The fraction of sp³-hybridized carbons (Fsp3) is 0.824. The first-order chi connectivity index (χ1) is 11.3. The smallest absolute Gasteiger partial charge is 0.326 e. The summed E-state index contributed by atoms with van der Waals surface area (Å²) in [4.78, 5) is 36.1. The van der Waals surface area contributed by atoms with Crippen LogP contribution < -0.4 is 16.0 Å². The maximum Gasteiger partial charge on any atom is 0.326 e. The molecule has 2 amide bonds. The molecule has 1 unspecified atom stereocenters. The van der Waals surface area contributed by atoms with Crippen molar-refractivity contribution in [2.75, 3.05) is 6.54 Å². The molecule has 1 saturated carbocycles. The Kier molecular flexibility index (Phi) is 4.55. The summed E-state index contributed by atoms with van der Waals surface area (Å²) in [6.07, 6.45) is 4.02. The maximum absolute atomic E-state index is 12.5. The van der Waals surface area contributed by atoms with Crippen LogP contribution in [-0.2, 0) is 14.4 Å². The van der Waals surface area contributed by atoms with Crippen molar-refractivity contribution in [3.05, 3.63) is 0 Å². The fourth-order valence-electron chi connectivity index (χ4n) is 4.63. The molecule has 5 atom stereocenters. The van der Waals surface area contributed by atoms with Gasteiger partial charge in [0.1, 0.15) is 6.04 Å². The minimum absolute atomic E-state index is 0.129. The van der Waals surface area contributed by atoms with E-state index in [1.165, 1.54) is 0 Å². The number of rotatable bonds is 5. The zero-order valence-electron chi connectivity index (χ0n) is 14.3. The van der Waals surface area contributed by atoms with E-state index in [-0.39, 0.29) is 35.7 Å². The van der Waals surface area contributed by atoms with Crippen LogP contribution in [0.15, 0.2) is 0 Å². The molecule has 0 bridgehead atoms. The van der Waals surface area contributed by atoms with E-state index in [1.54, 1.807) is 0 Å². The number of carboxylic acids is 1. The second-order valence-electron chi connectivity index (χ2n) is 8.15. The van der Waals surface area contributed by atoms with Crippen LogP contribution in [0.4, 0.5) is 0 Å². The standard InChI is InChI=1S/C17H27N3O4/c1-17(2)7-10(14(21)20-17)6-12(16(23)24)19-15(22)13-11-5-3-4-9(11)8-18-13/h9-13,18H,3-8H2,1-2H3,(H,19,22)(H,20,21)(H,23,24)/t9-,10+,11-,12?,13-/m0/s1. The largest absolute Gasteiger partial charge is 0.480 e. The minimum atomic E-state index is -1.08. The predicted molar refractivity (Wildman–Crippen MR) is 87.1 cm³/mol. The molecule has 3 rings (SSSR count). The molecule has 3 aliphatic rings. The van der Waals surface area contributed by atoms with E-state index in [4.69, 9.17) is 0 Å². The van der Waals surface area contributed by atoms with Crippen molar-refractivity contribution in [2.24, 2.45) is 17.8 Å². The van der Waals surface area contributed by atoms with Crippen LogP contribution in [0.5, 0.6) is 0 Å². The van der Waals surface area contributed by atoms with Gasteiger partial charge in [-0.15, -0.1) is 0 Å². The van der Waals surface area contributed by atoms with E-state index < -0.39 is 12.0 Å². The number of fused-ring (bicyclic) bond motifs is 1. The van der Waals surface area contributed by atoms with Gasteiger partial charge in [-0.3, -0.25) is 9.59 Å². The predicted octanol–water partition coefficient (Wildman–Crippen LogP) is 0.249. The van der Waals surface area contributed by atoms with E-state index in [2.05, 4.69) is 16.0 Å². The third-order valence-electron chi connectivity index (χ3n) is 5.75. The van der Waals surface area contributed by atoms with Crippen molar-refractivity contribution in [1.29, 1.82) is 0 Å². The third kappa shape index (κ3) is 3.41. The SMILES string of the molecule is CC1(C)C[C@@H](CC(NC(=O)[C@H]2NC[C@@H]3CCC[C@@H]32)C(=O)O)C(=O)N1. The van der Waals surface area contributed by atoms with Crippen molar-refractivity contribution >= 4 is 17.8 Å². The van der Waals surface area contributed by atoms with Crippen LogP contribution in [-0.4, -0.2) is 47.1 Å². The average molecular weight is 337 g/mol. The molecule has 134 valence electrons. The van der Waals surface area contributed by atoms with Gasteiger partial charge in [0, 0.05) is 11.5 Å². The maximum atomic E-state index is 12.5. The Morgan fingerprint density at radius 3 is 2.75 bits per heavy atom. The zero-order valence-corrected chi connectivity index (χ0v) is 14.3. The highest BCUT2D eigenvalue weighted by molar-refractivity contribution is 5.88. The number of hydrogen-bond acceptors (Lipinski definition) is 4. The van der Waals surface area contributed by atoms with Gasteiger partial charge in [-0.2, -0.15) is 0 Å². The van der Waals surface area contributed by atoms with E-state index in [9.17, 15) is 19.5 Å². The summed E-state index contributed by atoms with van der Waals surface area (Å²) in [5.74, 6) is -0.984. The molecule has 0 aromatic carbocycles. The second-order valence-corrected chi connectivity index (χ2v) is 8.15. The molecule has 24 heavy (non-hydrogen) atoms. The third-order valence-corrected chi connectivity index (χ3v) is 5.75. The zero-order chi connectivity index (χ0) is 17.5. The Morgan fingerprint density at radius 2 is 2.12 bits per heavy atom. The molecule has 4 N–H and O–H groups in total. The quantitative estimate of drug-likeness (QED) is 0.575. The van der Waals surface area contributed by atoms with Gasteiger partial charge in [-0.25, -0.2) is 4.79 Å². The molecule has 0 radical (unpaired) electrons. The Bertz CT molecular complexity index is 548. The summed E-state index contributed by atoms with van der Waals surface area (Å²) in [6, 6.07) is -1.32. The number of hydrogen-bond donors (Lipinski definition) is 4. The van der Waals surface area contributed by atoms with Crippen LogP contribution in [0.2, 0.25) is 0 Å². The summed E-state index contributed by atoms with van der Waals surface area (Å²) in [5, 5.41) is 18.2. The summed E-state index contributed by atoms with van der Waals surface area (Å²) in [5.41, 5.74) is -0.321. The first-order valence-corrected chi connectivity index (χ1v) is 8.85. The van der Waals surface area contributed by atoms with Gasteiger partial charge in [-0.05, 0) is 57.9 Å². The lowest BCUT2D eigenvalue weighted by molar-refractivity contribution is -0.143. The number of carbonyl (C=O) groups is 3. The van der Waals surface area contributed by atoms with E-state index in [0.29, 0.717) is 18.3 Å². The summed E-state index contributed by atoms with van der Waals surface area (Å²) in [7, 11) is 0. The molecule has 2 heterocycles. The average Bonchev–Trinajstić information content (AvgIpc) is 3.12. The number of carboxylic acid groups (broad SMARTS) is 1. The molecule has 2 aliphatic heterocycles. The van der Waals surface area contributed by atoms with Gasteiger partial charge >= 0.3 is 5.97 Å². The van der Waals surface area contributed by atoms with Crippen LogP contribution in [0.1, 0.15) is 46.0 Å². The Labute approximate surface area is 141 Å². The molecule has 0 spiro atoms.